The van der Waals surface area contributed by atoms with Gasteiger partial charge in [-0.2, -0.15) is 0 Å². The highest BCUT2D eigenvalue weighted by molar-refractivity contribution is 6.22. The summed E-state index contributed by atoms with van der Waals surface area (Å²) in [6.07, 6.45) is 0. The van der Waals surface area contributed by atoms with Gasteiger partial charge in [0.2, 0.25) is 0 Å². The molecule has 0 spiro atoms. The number of alkyl halides is 1. The number of methoxy groups -OCH3 is 2. The minimum Gasteiger partial charge on any atom is -0.497 e. The number of hydrogen-bond acceptors (Lipinski definition) is 2. The molecule has 0 bridgehead atoms. The van der Waals surface area contributed by atoms with Crippen molar-refractivity contribution in [2.24, 2.45) is 0 Å². The second-order valence-corrected chi connectivity index (χ2v) is 4.46. The molecule has 0 fully saturated rings. The summed E-state index contributed by atoms with van der Waals surface area (Å²) in [5.74, 6) is 0.989. The summed E-state index contributed by atoms with van der Waals surface area (Å²) >= 11 is 6.40. The van der Waals surface area contributed by atoms with Crippen LogP contribution in [0.4, 0.5) is 4.39 Å². The molecule has 19 heavy (non-hydrogen) atoms. The van der Waals surface area contributed by atoms with Gasteiger partial charge in [0.25, 0.3) is 0 Å². The Morgan fingerprint density at radius 3 is 2.47 bits per heavy atom. The van der Waals surface area contributed by atoms with Crippen molar-refractivity contribution in [2.45, 2.75) is 5.38 Å². The van der Waals surface area contributed by atoms with Crippen molar-refractivity contribution < 1.29 is 13.9 Å². The predicted molar refractivity (Wildman–Crippen MR) is 73.6 cm³/mol. The van der Waals surface area contributed by atoms with E-state index in [0.29, 0.717) is 17.1 Å². The lowest BCUT2D eigenvalue weighted by molar-refractivity contribution is 0.391. The van der Waals surface area contributed by atoms with E-state index in [1.54, 1.807) is 38.5 Å². The predicted octanol–water partition coefficient (Wildman–Crippen LogP) is 4.17. The zero-order chi connectivity index (χ0) is 13.8. The van der Waals surface area contributed by atoms with Gasteiger partial charge in [-0.3, -0.25) is 0 Å². The molecule has 2 aromatic carbocycles. The third kappa shape index (κ3) is 2.99. The fraction of sp³-hybridized carbons (Fsp3) is 0.200. The number of halogens is 2. The smallest absolute Gasteiger partial charge is 0.127 e. The third-order valence-electron chi connectivity index (χ3n) is 2.86. The first-order valence-electron chi connectivity index (χ1n) is 5.77. The first-order valence-corrected chi connectivity index (χ1v) is 6.21. The van der Waals surface area contributed by atoms with Crippen LogP contribution in [0.1, 0.15) is 16.5 Å². The van der Waals surface area contributed by atoms with E-state index in [4.69, 9.17) is 21.1 Å². The fourth-order valence-corrected chi connectivity index (χ4v) is 2.19. The molecule has 0 radical (unpaired) electrons. The Morgan fingerprint density at radius 2 is 1.84 bits per heavy atom. The molecular formula is C15H14ClFO2. The van der Waals surface area contributed by atoms with Gasteiger partial charge in [0.05, 0.1) is 19.6 Å². The van der Waals surface area contributed by atoms with Crippen LogP contribution < -0.4 is 9.47 Å². The normalized spacial score (nSPS) is 12.0. The van der Waals surface area contributed by atoms with Crippen LogP contribution in [-0.2, 0) is 0 Å². The topological polar surface area (TPSA) is 18.5 Å². The van der Waals surface area contributed by atoms with Crippen LogP contribution in [0.2, 0.25) is 0 Å². The van der Waals surface area contributed by atoms with Crippen molar-refractivity contribution in [1.82, 2.24) is 0 Å². The van der Waals surface area contributed by atoms with Crippen LogP contribution in [-0.4, -0.2) is 14.2 Å². The van der Waals surface area contributed by atoms with E-state index in [0.717, 1.165) is 5.56 Å². The highest BCUT2D eigenvalue weighted by Gasteiger charge is 2.16. The Kier molecular flexibility index (Phi) is 4.27. The second kappa shape index (κ2) is 5.93. The monoisotopic (exact) mass is 280 g/mol. The fourth-order valence-electron chi connectivity index (χ4n) is 1.87. The lowest BCUT2D eigenvalue weighted by atomic mass is 10.0. The summed E-state index contributed by atoms with van der Waals surface area (Å²) in [7, 11) is 3.15. The third-order valence-corrected chi connectivity index (χ3v) is 3.34. The van der Waals surface area contributed by atoms with Crippen LogP contribution in [0.25, 0.3) is 0 Å². The van der Waals surface area contributed by atoms with E-state index in [2.05, 4.69) is 0 Å². The van der Waals surface area contributed by atoms with Crippen molar-refractivity contribution in [2.75, 3.05) is 14.2 Å². The van der Waals surface area contributed by atoms with Gasteiger partial charge in [-0.1, -0.05) is 12.1 Å². The Morgan fingerprint density at radius 1 is 1.05 bits per heavy atom. The summed E-state index contributed by atoms with van der Waals surface area (Å²) in [6, 6.07) is 11.6. The van der Waals surface area contributed by atoms with Crippen LogP contribution in [0, 0.1) is 5.82 Å². The molecule has 0 saturated carbocycles. The minimum atomic E-state index is -0.475. The molecule has 0 heterocycles. The van der Waals surface area contributed by atoms with Crippen molar-refractivity contribution in [3.8, 4) is 11.5 Å². The summed E-state index contributed by atoms with van der Waals surface area (Å²) in [5.41, 5.74) is 1.46. The second-order valence-electron chi connectivity index (χ2n) is 4.03. The molecule has 0 aliphatic carbocycles. The average molecular weight is 281 g/mol. The highest BCUT2D eigenvalue weighted by Crippen LogP contribution is 2.37. The van der Waals surface area contributed by atoms with Gasteiger partial charge in [0.1, 0.15) is 17.3 Å². The SMILES string of the molecule is COc1ccc(C(Cl)c2cccc(F)c2)c(OC)c1. The van der Waals surface area contributed by atoms with Crippen molar-refractivity contribution in [3.63, 3.8) is 0 Å². The summed E-state index contributed by atoms with van der Waals surface area (Å²) in [6.45, 7) is 0. The zero-order valence-corrected chi connectivity index (χ0v) is 11.4. The highest BCUT2D eigenvalue weighted by atomic mass is 35.5. The van der Waals surface area contributed by atoms with Crippen molar-refractivity contribution in [3.05, 3.63) is 59.4 Å². The van der Waals surface area contributed by atoms with Crippen LogP contribution in [0.3, 0.4) is 0 Å². The maximum Gasteiger partial charge on any atom is 0.127 e. The van der Waals surface area contributed by atoms with Gasteiger partial charge in [0.15, 0.2) is 0 Å². The summed E-state index contributed by atoms with van der Waals surface area (Å²) in [5, 5.41) is -0.475. The molecular weight excluding hydrogens is 267 g/mol. The van der Waals surface area contributed by atoms with E-state index < -0.39 is 5.38 Å². The number of rotatable bonds is 4. The molecule has 0 N–H and O–H groups in total. The molecule has 0 saturated heterocycles. The Labute approximate surface area is 116 Å². The van der Waals surface area contributed by atoms with Gasteiger partial charge >= 0.3 is 0 Å². The summed E-state index contributed by atoms with van der Waals surface area (Å²) in [4.78, 5) is 0. The molecule has 0 aromatic heterocycles. The Hall–Kier alpha value is -1.74. The molecule has 1 unspecified atom stereocenters. The van der Waals surface area contributed by atoms with E-state index in [9.17, 15) is 4.39 Å². The maximum absolute atomic E-state index is 13.2. The molecule has 0 aliphatic rings. The van der Waals surface area contributed by atoms with Gasteiger partial charge in [-0.15, -0.1) is 11.6 Å². The first-order chi connectivity index (χ1) is 9.15. The van der Waals surface area contributed by atoms with Crippen LogP contribution in [0.5, 0.6) is 11.5 Å². The van der Waals surface area contributed by atoms with Gasteiger partial charge in [-0.05, 0) is 29.8 Å². The standard InChI is InChI=1S/C15H14ClFO2/c1-18-12-6-7-13(14(9-12)19-2)15(16)10-4-3-5-11(17)8-10/h3-9,15H,1-2H3. The number of benzene rings is 2. The molecule has 0 aliphatic heterocycles. The molecule has 2 aromatic rings. The van der Waals surface area contributed by atoms with Crippen molar-refractivity contribution >= 4 is 11.6 Å². The van der Waals surface area contributed by atoms with E-state index in [1.807, 2.05) is 6.07 Å². The average Bonchev–Trinajstić information content (AvgIpc) is 2.45. The lowest BCUT2D eigenvalue weighted by Crippen LogP contribution is -1.98. The van der Waals surface area contributed by atoms with Gasteiger partial charge < -0.3 is 9.47 Å². The van der Waals surface area contributed by atoms with E-state index in [-0.39, 0.29) is 5.82 Å². The quantitative estimate of drug-likeness (QED) is 0.783. The maximum atomic E-state index is 13.2. The zero-order valence-electron chi connectivity index (χ0n) is 10.7. The Balaban J connectivity index is 2.40. The summed E-state index contributed by atoms with van der Waals surface area (Å²) < 4.78 is 23.7. The lowest BCUT2D eigenvalue weighted by Gasteiger charge is -2.15. The van der Waals surface area contributed by atoms with Gasteiger partial charge in [-0.25, -0.2) is 4.39 Å². The number of hydrogen-bond donors (Lipinski definition) is 0. The molecule has 1 atom stereocenters. The molecule has 0 amide bonds. The van der Waals surface area contributed by atoms with Crippen LogP contribution >= 0.6 is 11.6 Å². The van der Waals surface area contributed by atoms with E-state index in [1.165, 1.54) is 12.1 Å². The molecule has 100 valence electrons. The van der Waals surface area contributed by atoms with Crippen molar-refractivity contribution in [1.29, 1.82) is 0 Å². The minimum absolute atomic E-state index is 0.310. The van der Waals surface area contributed by atoms with Crippen LogP contribution in [0.15, 0.2) is 42.5 Å². The largest absolute Gasteiger partial charge is 0.497 e. The molecule has 2 rings (SSSR count). The number of ether oxygens (including phenoxy) is 2. The molecule has 4 heteroatoms. The first kappa shape index (κ1) is 13.7. The van der Waals surface area contributed by atoms with Gasteiger partial charge in [0, 0.05) is 11.6 Å². The Bertz CT molecular complexity index is 572. The molecule has 2 nitrogen and oxygen atoms in total. The van der Waals surface area contributed by atoms with E-state index >= 15 is 0 Å².